The van der Waals surface area contributed by atoms with Gasteiger partial charge in [0.2, 0.25) is 0 Å². The standard InChI is InChI=1S/C2H5Cl2N/c1-5-2(3)4/h2,5H,1H3. The van der Waals surface area contributed by atoms with Gasteiger partial charge in [0.15, 0.2) is 4.96 Å². The van der Waals surface area contributed by atoms with Crippen LogP contribution in [0.3, 0.4) is 0 Å². The second kappa shape index (κ2) is 2.76. The summed E-state index contributed by atoms with van der Waals surface area (Å²) in [6.45, 7) is 0. The zero-order chi connectivity index (χ0) is 4.28. The van der Waals surface area contributed by atoms with Crippen LogP contribution in [0.15, 0.2) is 0 Å². The Bertz CT molecular complexity index is 21.6. The Morgan fingerprint density at radius 1 is 1.60 bits per heavy atom. The fourth-order valence-corrected chi connectivity index (χ4v) is 0. The quantitative estimate of drug-likeness (QED) is 0.395. The van der Waals surface area contributed by atoms with E-state index < -0.39 is 4.96 Å². The molecular weight excluding hydrogens is 109 g/mol. The Hall–Kier alpha value is 0.540. The van der Waals surface area contributed by atoms with Crippen molar-refractivity contribution in [2.24, 2.45) is 0 Å². The fraction of sp³-hybridized carbons (Fsp3) is 1.00. The summed E-state index contributed by atoms with van der Waals surface area (Å²) in [5.74, 6) is 0. The minimum Gasteiger partial charge on any atom is -0.292 e. The summed E-state index contributed by atoms with van der Waals surface area (Å²) < 4.78 is 0. The third kappa shape index (κ3) is 4.54. The van der Waals surface area contributed by atoms with Crippen LogP contribution in [0.5, 0.6) is 0 Å². The normalized spacial score (nSPS) is 9.60. The Morgan fingerprint density at radius 2 is 1.80 bits per heavy atom. The summed E-state index contributed by atoms with van der Waals surface area (Å²) in [6, 6.07) is 0. The van der Waals surface area contributed by atoms with E-state index in [0.717, 1.165) is 0 Å². The van der Waals surface area contributed by atoms with Crippen LogP contribution in [-0.2, 0) is 0 Å². The van der Waals surface area contributed by atoms with Crippen molar-refractivity contribution in [3.8, 4) is 0 Å². The van der Waals surface area contributed by atoms with Crippen LogP contribution in [0.1, 0.15) is 0 Å². The average molecular weight is 114 g/mol. The number of hydrogen-bond acceptors (Lipinski definition) is 1. The highest BCUT2D eigenvalue weighted by molar-refractivity contribution is 6.43. The highest BCUT2D eigenvalue weighted by Crippen LogP contribution is 1.91. The molecule has 0 saturated heterocycles. The minimum absolute atomic E-state index is 0.421. The molecule has 1 N–H and O–H groups in total. The van der Waals surface area contributed by atoms with Crippen molar-refractivity contribution in [3.05, 3.63) is 0 Å². The Morgan fingerprint density at radius 3 is 1.80 bits per heavy atom. The van der Waals surface area contributed by atoms with E-state index in [1.807, 2.05) is 0 Å². The molecule has 0 fully saturated rings. The highest BCUT2D eigenvalue weighted by Gasteiger charge is 1.83. The maximum Gasteiger partial charge on any atom is 0.157 e. The first kappa shape index (κ1) is 5.54. The Labute approximate surface area is 41.3 Å². The van der Waals surface area contributed by atoms with Gasteiger partial charge in [-0.05, 0) is 7.05 Å². The molecule has 32 valence electrons. The number of rotatable bonds is 1. The molecule has 0 aromatic rings. The Kier molecular flexibility index (Phi) is 3.06. The molecule has 0 radical (unpaired) electrons. The van der Waals surface area contributed by atoms with Gasteiger partial charge < -0.3 is 0 Å². The monoisotopic (exact) mass is 113 g/mol. The van der Waals surface area contributed by atoms with E-state index in [1.54, 1.807) is 7.05 Å². The molecule has 0 saturated carbocycles. The highest BCUT2D eigenvalue weighted by atomic mass is 35.5. The second-order valence-corrected chi connectivity index (χ2v) is 1.69. The maximum atomic E-state index is 5.12. The SMILES string of the molecule is CNC(Cl)Cl. The van der Waals surface area contributed by atoms with Crippen LogP contribution >= 0.6 is 23.2 Å². The van der Waals surface area contributed by atoms with Crippen molar-refractivity contribution < 1.29 is 0 Å². The molecule has 0 rings (SSSR count). The van der Waals surface area contributed by atoms with E-state index in [2.05, 4.69) is 5.32 Å². The largest absolute Gasteiger partial charge is 0.292 e. The van der Waals surface area contributed by atoms with Gasteiger partial charge in [0, 0.05) is 0 Å². The number of alkyl halides is 2. The third-order valence-electron chi connectivity index (χ3n) is 0.218. The van der Waals surface area contributed by atoms with Gasteiger partial charge in [-0.15, -0.1) is 0 Å². The molecule has 0 unspecified atom stereocenters. The van der Waals surface area contributed by atoms with Crippen LogP contribution in [0.25, 0.3) is 0 Å². The molecule has 0 amide bonds. The molecule has 3 heteroatoms. The summed E-state index contributed by atoms with van der Waals surface area (Å²) in [5.41, 5.74) is 0. The first-order valence-electron chi connectivity index (χ1n) is 1.23. The van der Waals surface area contributed by atoms with Crippen LogP contribution < -0.4 is 5.32 Å². The summed E-state index contributed by atoms with van der Waals surface area (Å²) in [7, 11) is 1.69. The van der Waals surface area contributed by atoms with Gasteiger partial charge in [0.25, 0.3) is 0 Å². The second-order valence-electron chi connectivity index (χ2n) is 0.589. The fourth-order valence-electron chi connectivity index (χ4n) is 0. The summed E-state index contributed by atoms with van der Waals surface area (Å²) in [6.07, 6.45) is 0. The van der Waals surface area contributed by atoms with Crippen molar-refractivity contribution in [2.75, 3.05) is 7.05 Å². The molecule has 0 atom stereocenters. The van der Waals surface area contributed by atoms with Gasteiger partial charge in [-0.3, -0.25) is 5.32 Å². The number of nitrogens with one attached hydrogen (secondary N) is 1. The summed E-state index contributed by atoms with van der Waals surface area (Å²) >= 11 is 10.2. The molecule has 5 heavy (non-hydrogen) atoms. The lowest BCUT2D eigenvalue weighted by molar-refractivity contribution is 0.918. The molecule has 0 bridgehead atoms. The number of halogens is 2. The third-order valence-corrected chi connectivity index (χ3v) is 0.655. The molecule has 0 aromatic heterocycles. The van der Waals surface area contributed by atoms with Gasteiger partial charge >= 0.3 is 0 Å². The van der Waals surface area contributed by atoms with E-state index in [9.17, 15) is 0 Å². The molecule has 0 aliphatic heterocycles. The molecule has 0 aromatic carbocycles. The van der Waals surface area contributed by atoms with Gasteiger partial charge in [-0.25, -0.2) is 0 Å². The molecule has 0 spiro atoms. The van der Waals surface area contributed by atoms with Crippen molar-refractivity contribution in [3.63, 3.8) is 0 Å². The van der Waals surface area contributed by atoms with Crippen LogP contribution in [0.2, 0.25) is 0 Å². The van der Waals surface area contributed by atoms with Crippen molar-refractivity contribution in [1.82, 2.24) is 5.32 Å². The van der Waals surface area contributed by atoms with E-state index in [0.29, 0.717) is 0 Å². The molecule has 0 aliphatic carbocycles. The van der Waals surface area contributed by atoms with Gasteiger partial charge in [-0.1, -0.05) is 23.2 Å². The van der Waals surface area contributed by atoms with Gasteiger partial charge in [-0.2, -0.15) is 0 Å². The predicted octanol–water partition coefficient (Wildman–Crippen LogP) is 0.967. The van der Waals surface area contributed by atoms with Crippen LogP contribution in [0.4, 0.5) is 0 Å². The summed E-state index contributed by atoms with van der Waals surface area (Å²) in [5, 5.41) is 2.56. The van der Waals surface area contributed by atoms with Crippen LogP contribution in [0, 0.1) is 0 Å². The Balaban J connectivity index is 2.54. The van der Waals surface area contributed by atoms with Gasteiger partial charge in [0.05, 0.1) is 0 Å². The van der Waals surface area contributed by atoms with E-state index in [4.69, 9.17) is 23.2 Å². The topological polar surface area (TPSA) is 12.0 Å². The lowest BCUT2D eigenvalue weighted by atomic mass is 11.2. The average Bonchev–Trinajstić information content (AvgIpc) is 1.38. The van der Waals surface area contributed by atoms with Gasteiger partial charge in [0.1, 0.15) is 0 Å². The maximum absolute atomic E-state index is 5.12. The number of hydrogen-bond donors (Lipinski definition) is 1. The lowest BCUT2D eigenvalue weighted by Crippen LogP contribution is -2.09. The first-order valence-corrected chi connectivity index (χ1v) is 2.10. The van der Waals surface area contributed by atoms with Crippen molar-refractivity contribution in [1.29, 1.82) is 0 Å². The van der Waals surface area contributed by atoms with E-state index >= 15 is 0 Å². The van der Waals surface area contributed by atoms with E-state index in [-0.39, 0.29) is 0 Å². The zero-order valence-electron chi connectivity index (χ0n) is 2.83. The van der Waals surface area contributed by atoms with Crippen molar-refractivity contribution >= 4 is 23.2 Å². The van der Waals surface area contributed by atoms with E-state index in [1.165, 1.54) is 0 Å². The molecule has 1 nitrogen and oxygen atoms in total. The summed E-state index contributed by atoms with van der Waals surface area (Å²) in [4.78, 5) is -0.421. The minimum atomic E-state index is -0.421. The first-order chi connectivity index (χ1) is 2.27. The smallest absolute Gasteiger partial charge is 0.157 e. The molecular formula is C2H5Cl2N. The zero-order valence-corrected chi connectivity index (χ0v) is 4.35. The molecule has 0 heterocycles. The van der Waals surface area contributed by atoms with Crippen molar-refractivity contribution in [2.45, 2.75) is 4.96 Å². The van der Waals surface area contributed by atoms with Crippen LogP contribution in [-0.4, -0.2) is 12.0 Å². The predicted molar refractivity (Wildman–Crippen MR) is 24.6 cm³/mol. The lowest BCUT2D eigenvalue weighted by Gasteiger charge is -1.89. The molecule has 0 aliphatic rings.